The number of carbonyl (C=O) groups is 1. The molecule has 0 aliphatic carbocycles. The van der Waals surface area contributed by atoms with Gasteiger partial charge in [-0.25, -0.2) is 4.98 Å². The minimum atomic E-state index is -4.69. The van der Waals surface area contributed by atoms with Gasteiger partial charge in [0.05, 0.1) is 0 Å². The molecule has 1 aliphatic rings. The largest absolute Gasteiger partial charge is 0.433 e. The lowest BCUT2D eigenvalue weighted by atomic mass is 10.1. The van der Waals surface area contributed by atoms with Crippen molar-refractivity contribution in [2.24, 2.45) is 0 Å². The number of aromatic amines is 1. The predicted molar refractivity (Wildman–Crippen MR) is 97.6 cm³/mol. The molecule has 3 rings (SSSR count). The smallest absolute Gasteiger partial charge is 0.340 e. The molecule has 28 heavy (non-hydrogen) atoms. The van der Waals surface area contributed by atoms with Crippen molar-refractivity contribution in [2.75, 3.05) is 26.2 Å². The Bertz CT molecular complexity index is 914. The van der Waals surface area contributed by atoms with Crippen molar-refractivity contribution in [2.45, 2.75) is 26.6 Å². The van der Waals surface area contributed by atoms with E-state index in [1.807, 2.05) is 0 Å². The molecule has 1 aromatic heterocycles. The zero-order chi connectivity index (χ0) is 20.5. The van der Waals surface area contributed by atoms with Crippen LogP contribution in [-0.2, 0) is 17.5 Å². The van der Waals surface area contributed by atoms with Gasteiger partial charge in [0.25, 0.3) is 5.56 Å². The van der Waals surface area contributed by atoms with E-state index in [0.717, 1.165) is 25.6 Å². The third-order valence-electron chi connectivity index (χ3n) is 4.87. The van der Waals surface area contributed by atoms with Crippen molar-refractivity contribution >= 4 is 5.91 Å². The molecule has 1 aliphatic heterocycles. The highest BCUT2D eigenvalue weighted by molar-refractivity contribution is 5.73. The van der Waals surface area contributed by atoms with Crippen LogP contribution in [0, 0.1) is 6.92 Å². The number of benzene rings is 1. The molecule has 0 radical (unpaired) electrons. The van der Waals surface area contributed by atoms with Gasteiger partial charge in [0, 0.05) is 50.8 Å². The molecule has 0 unspecified atom stereocenters. The SMILES string of the molecule is CC(=O)N1CCN(Cc2ccc(-c3nc(C(F)(F)F)c(C)c(=O)[nH]3)cc2)CC1. The summed E-state index contributed by atoms with van der Waals surface area (Å²) < 4.78 is 39.2. The highest BCUT2D eigenvalue weighted by atomic mass is 19.4. The summed E-state index contributed by atoms with van der Waals surface area (Å²) in [5.41, 5.74) is -1.01. The number of aromatic nitrogens is 2. The number of nitrogens with zero attached hydrogens (tertiary/aromatic N) is 3. The Kier molecular flexibility index (Phi) is 5.55. The molecular formula is C19H21F3N4O2. The number of piperazine rings is 1. The molecule has 0 saturated carbocycles. The number of hydrogen-bond donors (Lipinski definition) is 1. The number of alkyl halides is 3. The molecular weight excluding hydrogens is 373 g/mol. The predicted octanol–water partition coefficient (Wildman–Crippen LogP) is 2.43. The number of H-pyrrole nitrogens is 1. The summed E-state index contributed by atoms with van der Waals surface area (Å²) in [6, 6.07) is 6.91. The molecule has 2 heterocycles. The average Bonchev–Trinajstić information content (AvgIpc) is 2.64. The first-order valence-electron chi connectivity index (χ1n) is 8.90. The Balaban J connectivity index is 1.74. The summed E-state index contributed by atoms with van der Waals surface area (Å²) in [5, 5.41) is 0. The summed E-state index contributed by atoms with van der Waals surface area (Å²) in [6.45, 7) is 6.24. The van der Waals surface area contributed by atoms with Crippen LogP contribution in [0.4, 0.5) is 13.2 Å². The maximum absolute atomic E-state index is 13.1. The first kappa shape index (κ1) is 20.1. The van der Waals surface area contributed by atoms with E-state index in [1.54, 1.807) is 36.1 Å². The van der Waals surface area contributed by atoms with E-state index in [0.29, 0.717) is 25.2 Å². The van der Waals surface area contributed by atoms with Crippen molar-refractivity contribution in [3.63, 3.8) is 0 Å². The fourth-order valence-corrected chi connectivity index (χ4v) is 3.19. The minimum absolute atomic E-state index is 0.0711. The second-order valence-corrected chi connectivity index (χ2v) is 6.87. The quantitative estimate of drug-likeness (QED) is 0.868. The zero-order valence-electron chi connectivity index (χ0n) is 15.6. The Hall–Kier alpha value is -2.68. The Morgan fingerprint density at radius 2 is 1.75 bits per heavy atom. The molecule has 1 amide bonds. The van der Waals surface area contributed by atoms with Crippen LogP contribution in [0.2, 0.25) is 0 Å². The molecule has 0 bridgehead atoms. The van der Waals surface area contributed by atoms with Crippen molar-refractivity contribution in [1.29, 1.82) is 0 Å². The molecule has 1 aromatic carbocycles. The van der Waals surface area contributed by atoms with Crippen LogP contribution in [0.5, 0.6) is 0 Å². The normalized spacial score (nSPS) is 15.7. The Labute approximate surface area is 160 Å². The Morgan fingerprint density at radius 3 is 2.29 bits per heavy atom. The van der Waals surface area contributed by atoms with Gasteiger partial charge in [0.2, 0.25) is 5.91 Å². The van der Waals surface area contributed by atoms with E-state index < -0.39 is 23.0 Å². The number of rotatable bonds is 3. The van der Waals surface area contributed by atoms with Gasteiger partial charge in [-0.15, -0.1) is 0 Å². The number of halogens is 3. The van der Waals surface area contributed by atoms with Gasteiger partial charge < -0.3 is 9.88 Å². The molecule has 1 saturated heterocycles. The van der Waals surface area contributed by atoms with Crippen molar-refractivity contribution in [1.82, 2.24) is 19.8 Å². The van der Waals surface area contributed by atoms with Crippen LogP contribution >= 0.6 is 0 Å². The van der Waals surface area contributed by atoms with Gasteiger partial charge in [0.1, 0.15) is 5.82 Å². The summed E-state index contributed by atoms with van der Waals surface area (Å²) in [7, 11) is 0. The summed E-state index contributed by atoms with van der Waals surface area (Å²) in [4.78, 5) is 33.3. The lowest BCUT2D eigenvalue weighted by molar-refractivity contribution is -0.141. The monoisotopic (exact) mass is 394 g/mol. The van der Waals surface area contributed by atoms with Crippen molar-refractivity contribution in [3.8, 4) is 11.4 Å². The number of nitrogens with one attached hydrogen (secondary N) is 1. The van der Waals surface area contributed by atoms with Gasteiger partial charge in [-0.2, -0.15) is 13.2 Å². The highest BCUT2D eigenvalue weighted by Gasteiger charge is 2.36. The molecule has 1 N–H and O–H groups in total. The van der Waals surface area contributed by atoms with Crippen molar-refractivity contribution in [3.05, 3.63) is 51.4 Å². The molecule has 1 fully saturated rings. The standard InChI is InChI=1S/C19H21F3N4O2/c1-12-16(19(20,21)22)23-17(24-18(12)28)15-5-3-14(4-6-15)11-25-7-9-26(10-8-25)13(2)27/h3-6H,7-11H2,1-2H3,(H,23,24,28). The van der Waals surface area contributed by atoms with Crippen LogP contribution in [0.1, 0.15) is 23.7 Å². The fourth-order valence-electron chi connectivity index (χ4n) is 3.19. The van der Waals surface area contributed by atoms with E-state index in [1.165, 1.54) is 0 Å². The molecule has 150 valence electrons. The molecule has 6 nitrogen and oxygen atoms in total. The third-order valence-corrected chi connectivity index (χ3v) is 4.87. The van der Waals surface area contributed by atoms with Gasteiger partial charge >= 0.3 is 6.18 Å². The van der Waals surface area contributed by atoms with Crippen LogP contribution in [0.25, 0.3) is 11.4 Å². The maximum atomic E-state index is 13.1. The van der Waals surface area contributed by atoms with E-state index in [2.05, 4.69) is 14.9 Å². The lowest BCUT2D eigenvalue weighted by Gasteiger charge is -2.34. The van der Waals surface area contributed by atoms with Crippen LogP contribution in [-0.4, -0.2) is 51.9 Å². The van der Waals surface area contributed by atoms with Gasteiger partial charge in [-0.1, -0.05) is 24.3 Å². The second-order valence-electron chi connectivity index (χ2n) is 6.87. The second kappa shape index (κ2) is 7.75. The lowest BCUT2D eigenvalue weighted by Crippen LogP contribution is -2.47. The molecule has 9 heteroatoms. The van der Waals surface area contributed by atoms with E-state index in [9.17, 15) is 22.8 Å². The minimum Gasteiger partial charge on any atom is -0.340 e. The topological polar surface area (TPSA) is 69.3 Å². The van der Waals surface area contributed by atoms with E-state index in [-0.39, 0.29) is 11.7 Å². The molecule has 0 spiro atoms. The number of hydrogen-bond acceptors (Lipinski definition) is 4. The first-order valence-corrected chi connectivity index (χ1v) is 8.90. The average molecular weight is 394 g/mol. The molecule has 0 atom stereocenters. The fraction of sp³-hybridized carbons (Fsp3) is 0.421. The maximum Gasteiger partial charge on any atom is 0.433 e. The summed E-state index contributed by atoms with van der Waals surface area (Å²) >= 11 is 0. The van der Waals surface area contributed by atoms with Gasteiger partial charge in [0.15, 0.2) is 5.69 Å². The third kappa shape index (κ3) is 4.41. The highest BCUT2D eigenvalue weighted by Crippen LogP contribution is 2.30. The van der Waals surface area contributed by atoms with Gasteiger partial charge in [-0.05, 0) is 12.5 Å². The van der Waals surface area contributed by atoms with Crippen LogP contribution in [0.15, 0.2) is 29.1 Å². The van der Waals surface area contributed by atoms with Gasteiger partial charge in [-0.3, -0.25) is 14.5 Å². The summed E-state index contributed by atoms with van der Waals surface area (Å²) in [6.07, 6.45) is -4.69. The van der Waals surface area contributed by atoms with Crippen LogP contribution in [0.3, 0.4) is 0 Å². The number of amides is 1. The van der Waals surface area contributed by atoms with E-state index in [4.69, 9.17) is 0 Å². The molecule has 2 aromatic rings. The number of carbonyl (C=O) groups excluding carboxylic acids is 1. The first-order chi connectivity index (χ1) is 13.1. The van der Waals surface area contributed by atoms with Crippen LogP contribution < -0.4 is 5.56 Å². The van der Waals surface area contributed by atoms with E-state index >= 15 is 0 Å². The Morgan fingerprint density at radius 1 is 1.14 bits per heavy atom. The zero-order valence-corrected chi connectivity index (χ0v) is 15.6. The van der Waals surface area contributed by atoms with Crippen molar-refractivity contribution < 1.29 is 18.0 Å². The summed E-state index contributed by atoms with van der Waals surface area (Å²) in [5.74, 6) is -0.0358.